The normalized spacial score (nSPS) is 35.9. The minimum atomic E-state index is -3.99. The molecule has 4 heterocycles. The van der Waals surface area contributed by atoms with E-state index in [1.54, 1.807) is 32.0 Å². The van der Waals surface area contributed by atoms with Crippen LogP contribution in [-0.4, -0.2) is 107 Å². The fraction of sp³-hybridized carbons (Fsp3) is 0.667. The van der Waals surface area contributed by atoms with Crippen LogP contribution in [0.5, 0.6) is 5.75 Å². The summed E-state index contributed by atoms with van der Waals surface area (Å²) in [5.41, 5.74) is -0.221. The largest absolute Gasteiger partial charge is 0.490 e. The fourth-order valence-corrected chi connectivity index (χ4v) is 11.2. The smallest absolute Gasteiger partial charge is 0.410 e. The van der Waals surface area contributed by atoms with E-state index in [2.05, 4.69) is 45.7 Å². The van der Waals surface area contributed by atoms with Crippen LogP contribution in [0.25, 0.3) is 0 Å². The molecule has 7 atom stereocenters. The molecule has 2 unspecified atom stereocenters. The van der Waals surface area contributed by atoms with Gasteiger partial charge in [-0.2, -0.15) is 0 Å². The van der Waals surface area contributed by atoms with E-state index in [4.69, 9.17) is 25.8 Å². The van der Waals surface area contributed by atoms with Crippen LogP contribution in [0, 0.1) is 29.1 Å². The van der Waals surface area contributed by atoms with Crippen molar-refractivity contribution in [3.05, 3.63) is 59.2 Å². The third-order valence-electron chi connectivity index (χ3n) is 13.8. The van der Waals surface area contributed by atoms with Gasteiger partial charge in [-0.15, -0.1) is 0 Å². The summed E-state index contributed by atoms with van der Waals surface area (Å²) in [5.74, 6) is 0.513. The monoisotopic (exact) mass is 798 g/mol. The average molecular weight is 799 g/mol. The number of likely N-dealkylation sites (N-methyl/N-ethyl adjacent to an activating group) is 1. The number of allylic oxidation sites excluding steroid dienone is 4. The number of sulfonamides is 1. The Balaban J connectivity index is 1.23. The van der Waals surface area contributed by atoms with Crippen LogP contribution in [0.15, 0.2) is 53.6 Å². The van der Waals surface area contributed by atoms with Crippen molar-refractivity contribution in [3.63, 3.8) is 0 Å². The van der Waals surface area contributed by atoms with Crippen molar-refractivity contribution in [1.29, 1.82) is 0 Å². The minimum Gasteiger partial charge on any atom is -0.490 e. The number of piperidine rings is 1. The second-order valence-corrected chi connectivity index (χ2v) is 20.0. The van der Waals surface area contributed by atoms with Crippen LogP contribution in [0.4, 0.5) is 10.5 Å². The molecule has 1 saturated carbocycles. The van der Waals surface area contributed by atoms with Crippen molar-refractivity contribution in [2.24, 2.45) is 29.1 Å². The molecule has 302 valence electrons. The number of amides is 2. The molecule has 0 aromatic heterocycles. The van der Waals surface area contributed by atoms with Gasteiger partial charge in [0.2, 0.25) is 10.0 Å². The second-order valence-electron chi connectivity index (χ2n) is 17.5. The molecule has 55 heavy (non-hydrogen) atoms. The maximum Gasteiger partial charge on any atom is 0.410 e. The molecule has 7 rings (SSSR count). The highest BCUT2D eigenvalue weighted by molar-refractivity contribution is 7.90. The zero-order valence-electron chi connectivity index (χ0n) is 33.1. The second kappa shape index (κ2) is 15.7. The lowest BCUT2D eigenvalue weighted by molar-refractivity contribution is -0.101. The number of nitrogens with zero attached hydrogens (tertiary/aromatic N) is 3. The summed E-state index contributed by atoms with van der Waals surface area (Å²) in [4.78, 5) is 32.5. The third-order valence-corrected chi connectivity index (χ3v) is 16.0. The van der Waals surface area contributed by atoms with Crippen LogP contribution >= 0.6 is 11.6 Å². The number of fused-ring (bicyclic) bond motifs is 3. The number of rotatable bonds is 3. The standard InChI is InChI=1S/C42H59ClN4O7S/c1-29-9-8-16-42(52-5,27-46-21-18-41(19-22-46)26-45(4)39(49)54-41)35-13-11-32(35)25-47-20-7-6-10-33-24-34(43)15-17-40(33,3)28-53-37-14-12-31(23-36(37)47)38(48)44-55(50,51)30(29)2/h8,12,14-17,23-24,29-30,32-33,35H,6-7,9-11,13,18-22,25-28H2,1-5H3,(H,44,48)/b16-8+/t29-,30+,32-,33?,35+,40?,42+/m0/s1. The highest BCUT2D eigenvalue weighted by Gasteiger charge is 2.51. The molecule has 3 fully saturated rings. The fourth-order valence-electron chi connectivity index (χ4n) is 9.71. The number of carbonyl (C=O) groups is 2. The van der Waals surface area contributed by atoms with E-state index in [1.807, 2.05) is 25.1 Å². The third kappa shape index (κ3) is 8.21. The zero-order chi connectivity index (χ0) is 39.2. The van der Waals surface area contributed by atoms with Crippen LogP contribution in [0.1, 0.15) is 82.5 Å². The average Bonchev–Trinajstić information content (AvgIpc) is 3.41. The van der Waals surface area contributed by atoms with Crippen LogP contribution in [0.3, 0.4) is 0 Å². The Kier molecular flexibility index (Phi) is 11.5. The molecule has 11 nitrogen and oxygen atoms in total. The van der Waals surface area contributed by atoms with E-state index in [9.17, 15) is 18.0 Å². The summed E-state index contributed by atoms with van der Waals surface area (Å²) in [6.45, 7) is 10.6. The lowest BCUT2D eigenvalue weighted by Crippen LogP contribution is -2.58. The molecular formula is C42H59ClN4O7S. The van der Waals surface area contributed by atoms with Gasteiger partial charge in [0.05, 0.1) is 24.1 Å². The molecule has 1 aromatic rings. The number of hydrogen-bond donors (Lipinski definition) is 1. The van der Waals surface area contributed by atoms with E-state index in [0.29, 0.717) is 37.8 Å². The Morgan fingerprint density at radius 1 is 1.05 bits per heavy atom. The highest BCUT2D eigenvalue weighted by Crippen LogP contribution is 2.48. The van der Waals surface area contributed by atoms with E-state index in [0.717, 1.165) is 81.8 Å². The van der Waals surface area contributed by atoms with E-state index in [1.165, 1.54) is 0 Å². The molecule has 6 aliphatic rings. The number of benzene rings is 1. The lowest BCUT2D eigenvalue weighted by atomic mass is 9.63. The Labute approximate surface area is 332 Å². The van der Waals surface area contributed by atoms with Gasteiger partial charge < -0.3 is 24.0 Å². The molecule has 1 spiro atoms. The van der Waals surface area contributed by atoms with Gasteiger partial charge in [-0.1, -0.05) is 56.2 Å². The minimum absolute atomic E-state index is 0.206. The van der Waals surface area contributed by atoms with Gasteiger partial charge in [-0.3, -0.25) is 9.69 Å². The first kappa shape index (κ1) is 40.1. The first-order valence-corrected chi connectivity index (χ1v) is 22.1. The quantitative estimate of drug-likeness (QED) is 0.332. The molecule has 13 heteroatoms. The predicted octanol–water partition coefficient (Wildman–Crippen LogP) is 6.74. The number of hydrogen-bond acceptors (Lipinski definition) is 9. The zero-order valence-corrected chi connectivity index (χ0v) is 34.7. The van der Waals surface area contributed by atoms with Crippen molar-refractivity contribution in [2.75, 3.05) is 64.9 Å². The molecule has 0 radical (unpaired) electrons. The molecule has 2 amide bonds. The summed E-state index contributed by atoms with van der Waals surface area (Å²) in [5, 5.41) is -0.0594. The van der Waals surface area contributed by atoms with Gasteiger partial charge in [0.1, 0.15) is 17.0 Å². The number of likely N-dealkylation sites (tertiary alicyclic amines) is 1. The van der Waals surface area contributed by atoms with Gasteiger partial charge in [0.15, 0.2) is 0 Å². The molecule has 2 bridgehead atoms. The maximum atomic E-state index is 13.7. The van der Waals surface area contributed by atoms with E-state index >= 15 is 0 Å². The van der Waals surface area contributed by atoms with Crippen molar-refractivity contribution in [2.45, 2.75) is 88.6 Å². The maximum absolute atomic E-state index is 13.7. The molecule has 2 aliphatic carbocycles. The van der Waals surface area contributed by atoms with Gasteiger partial charge in [-0.25, -0.2) is 17.9 Å². The number of halogens is 1. The first-order valence-electron chi connectivity index (χ1n) is 20.2. The molecular weight excluding hydrogens is 740 g/mol. The number of anilines is 1. The Morgan fingerprint density at radius 2 is 1.84 bits per heavy atom. The highest BCUT2D eigenvalue weighted by atomic mass is 35.5. The Bertz CT molecular complexity index is 1830. The molecule has 4 aliphatic heterocycles. The Morgan fingerprint density at radius 3 is 2.53 bits per heavy atom. The number of nitrogens with one attached hydrogen (secondary N) is 1. The summed E-state index contributed by atoms with van der Waals surface area (Å²) in [7, 11) is -0.388. The summed E-state index contributed by atoms with van der Waals surface area (Å²) >= 11 is 6.50. The number of carbonyl (C=O) groups excluding carboxylic acids is 2. The molecule has 2 saturated heterocycles. The van der Waals surface area contributed by atoms with E-state index < -0.39 is 32.4 Å². The van der Waals surface area contributed by atoms with Crippen molar-refractivity contribution in [1.82, 2.24) is 14.5 Å². The number of methoxy groups -OCH3 is 1. The summed E-state index contributed by atoms with van der Waals surface area (Å²) in [6.07, 6.45) is 17.3. The Hall–Kier alpha value is -3.06. The SMILES string of the molecule is CO[C@@]1(CN2CCC3(CC2)CN(C)C(=O)O3)/C=C/C[C@H](C)[C@@H](C)S(=O)(=O)NC(=O)c2ccc3c(c2)N(CCCCC2C=C(Cl)C=CC2(C)CO3)C[C@@H]2CC[C@H]21. The lowest BCUT2D eigenvalue weighted by Gasteiger charge is -2.52. The van der Waals surface area contributed by atoms with Gasteiger partial charge >= 0.3 is 6.09 Å². The topological polar surface area (TPSA) is 118 Å². The van der Waals surface area contributed by atoms with E-state index in [-0.39, 0.29) is 34.8 Å². The summed E-state index contributed by atoms with van der Waals surface area (Å²) in [6, 6.07) is 5.32. The van der Waals surface area contributed by atoms with Crippen molar-refractivity contribution in [3.8, 4) is 5.75 Å². The number of ether oxygens (including phenoxy) is 3. The van der Waals surface area contributed by atoms with Crippen LogP contribution < -0.4 is 14.4 Å². The predicted molar refractivity (Wildman–Crippen MR) is 215 cm³/mol. The van der Waals surface area contributed by atoms with Gasteiger partial charge in [-0.05, 0) is 87.0 Å². The summed E-state index contributed by atoms with van der Waals surface area (Å²) < 4.78 is 48.9. The van der Waals surface area contributed by atoms with Crippen molar-refractivity contribution < 1.29 is 32.2 Å². The molecule has 1 N–H and O–H groups in total. The van der Waals surface area contributed by atoms with Crippen LogP contribution in [0.2, 0.25) is 0 Å². The van der Waals surface area contributed by atoms with Crippen LogP contribution in [-0.2, 0) is 19.5 Å². The molecule has 1 aromatic carbocycles. The first-order chi connectivity index (χ1) is 26.1. The van der Waals surface area contributed by atoms with Gasteiger partial charge in [0.25, 0.3) is 5.91 Å². The van der Waals surface area contributed by atoms with Gasteiger partial charge in [0, 0.05) is 75.7 Å². The van der Waals surface area contributed by atoms with Crippen molar-refractivity contribution >= 4 is 39.3 Å².